The molecule has 0 amide bonds. The van der Waals surface area contributed by atoms with Crippen LogP contribution in [-0.4, -0.2) is 12.6 Å². The summed E-state index contributed by atoms with van der Waals surface area (Å²) in [6.45, 7) is 0. The van der Waals surface area contributed by atoms with Crippen LogP contribution in [-0.2, 0) is 0 Å². The maximum atomic E-state index is 13.5. The molecule has 21 heavy (non-hydrogen) atoms. The van der Waals surface area contributed by atoms with Gasteiger partial charge in [-0.2, -0.15) is 0 Å². The summed E-state index contributed by atoms with van der Waals surface area (Å²) in [6.07, 6.45) is -4.76. The summed E-state index contributed by atoms with van der Waals surface area (Å²) in [5.41, 5.74) is -0.329. The summed E-state index contributed by atoms with van der Waals surface area (Å²) in [6, 6.07) is 6.32. The SMILES string of the molecule is O=Cc1c(F)cc(-c2ccc(OC(F)(F)F)cc2)cc1F. The summed E-state index contributed by atoms with van der Waals surface area (Å²) in [4.78, 5) is 10.5. The number of alkyl halides is 3. The topological polar surface area (TPSA) is 26.3 Å². The highest BCUT2D eigenvalue weighted by atomic mass is 19.4. The maximum Gasteiger partial charge on any atom is 0.573 e. The van der Waals surface area contributed by atoms with Crippen molar-refractivity contribution >= 4 is 6.29 Å². The first-order chi connectivity index (χ1) is 9.80. The third-order valence-electron chi connectivity index (χ3n) is 2.62. The molecule has 0 unspecified atom stereocenters. The highest BCUT2D eigenvalue weighted by Gasteiger charge is 2.30. The zero-order valence-corrected chi connectivity index (χ0v) is 10.2. The molecule has 2 rings (SSSR count). The average molecular weight is 302 g/mol. The number of hydrogen-bond donors (Lipinski definition) is 0. The number of rotatable bonds is 3. The molecule has 0 heterocycles. The largest absolute Gasteiger partial charge is 0.573 e. The van der Waals surface area contributed by atoms with Crippen LogP contribution in [0.3, 0.4) is 0 Å². The molecule has 0 spiro atoms. The highest BCUT2D eigenvalue weighted by molar-refractivity contribution is 5.78. The lowest BCUT2D eigenvalue weighted by atomic mass is 10.0. The van der Waals surface area contributed by atoms with E-state index in [0.717, 1.165) is 24.3 Å². The van der Waals surface area contributed by atoms with Gasteiger partial charge in [0.2, 0.25) is 0 Å². The van der Waals surface area contributed by atoms with Crippen molar-refractivity contribution in [2.75, 3.05) is 0 Å². The fourth-order valence-corrected chi connectivity index (χ4v) is 1.71. The van der Waals surface area contributed by atoms with Crippen LogP contribution in [0.2, 0.25) is 0 Å². The Bertz CT molecular complexity index is 639. The highest BCUT2D eigenvalue weighted by Crippen LogP contribution is 2.28. The molecular formula is C14H7F5O2. The van der Waals surface area contributed by atoms with Crippen LogP contribution in [0.5, 0.6) is 5.75 Å². The van der Waals surface area contributed by atoms with Gasteiger partial charge in [-0.1, -0.05) is 12.1 Å². The van der Waals surface area contributed by atoms with Crippen molar-refractivity contribution in [2.24, 2.45) is 0 Å². The average Bonchev–Trinajstić information content (AvgIpc) is 2.37. The summed E-state index contributed by atoms with van der Waals surface area (Å²) in [5, 5.41) is 0. The van der Waals surface area contributed by atoms with Crippen LogP contribution < -0.4 is 4.74 Å². The second-order valence-corrected chi connectivity index (χ2v) is 4.04. The Labute approximate surface area is 115 Å². The van der Waals surface area contributed by atoms with E-state index in [1.807, 2.05) is 0 Å². The monoisotopic (exact) mass is 302 g/mol. The Morgan fingerprint density at radius 2 is 1.43 bits per heavy atom. The standard InChI is InChI=1S/C14H7F5O2/c15-12-5-9(6-13(16)11(12)7-20)8-1-3-10(4-2-8)21-14(17,18)19/h1-7H. The third kappa shape index (κ3) is 3.56. The molecule has 0 aliphatic rings. The minimum Gasteiger partial charge on any atom is -0.406 e. The summed E-state index contributed by atoms with van der Waals surface area (Å²) in [5.74, 6) is -2.54. The van der Waals surface area contributed by atoms with Crippen molar-refractivity contribution in [3.8, 4) is 16.9 Å². The molecule has 0 saturated heterocycles. The van der Waals surface area contributed by atoms with Gasteiger partial charge in [0, 0.05) is 0 Å². The van der Waals surface area contributed by atoms with E-state index in [-0.39, 0.29) is 17.4 Å². The number of aldehydes is 1. The van der Waals surface area contributed by atoms with Gasteiger partial charge in [-0.05, 0) is 35.4 Å². The van der Waals surface area contributed by atoms with Gasteiger partial charge in [0.25, 0.3) is 0 Å². The van der Waals surface area contributed by atoms with Crippen LogP contribution in [0.25, 0.3) is 11.1 Å². The molecule has 0 N–H and O–H groups in total. The Balaban J connectivity index is 2.33. The number of ether oxygens (including phenoxy) is 1. The lowest BCUT2D eigenvalue weighted by Gasteiger charge is -2.09. The van der Waals surface area contributed by atoms with Gasteiger partial charge in [0.05, 0.1) is 5.56 Å². The Morgan fingerprint density at radius 3 is 1.86 bits per heavy atom. The number of halogens is 5. The normalized spacial score (nSPS) is 11.3. The second kappa shape index (κ2) is 5.51. The van der Waals surface area contributed by atoms with Crippen molar-refractivity contribution in [3.05, 3.63) is 53.6 Å². The molecule has 2 aromatic rings. The maximum absolute atomic E-state index is 13.5. The van der Waals surface area contributed by atoms with Crippen molar-refractivity contribution in [3.63, 3.8) is 0 Å². The van der Waals surface area contributed by atoms with E-state index < -0.39 is 29.3 Å². The van der Waals surface area contributed by atoms with Gasteiger partial charge in [-0.25, -0.2) is 8.78 Å². The molecule has 0 fully saturated rings. The van der Waals surface area contributed by atoms with Crippen LogP contribution in [0.15, 0.2) is 36.4 Å². The number of carbonyl (C=O) groups excluding carboxylic acids is 1. The van der Waals surface area contributed by atoms with Gasteiger partial charge in [-0.15, -0.1) is 13.2 Å². The Hall–Kier alpha value is -2.44. The first-order valence-electron chi connectivity index (χ1n) is 5.60. The molecule has 0 aliphatic heterocycles. The quantitative estimate of drug-likeness (QED) is 0.622. The van der Waals surface area contributed by atoms with Gasteiger partial charge in [0.15, 0.2) is 6.29 Å². The molecule has 0 radical (unpaired) electrons. The number of hydrogen-bond acceptors (Lipinski definition) is 2. The molecule has 0 bridgehead atoms. The molecule has 7 heteroatoms. The van der Waals surface area contributed by atoms with Gasteiger partial charge >= 0.3 is 6.36 Å². The molecular weight excluding hydrogens is 295 g/mol. The van der Waals surface area contributed by atoms with Gasteiger partial charge in [0.1, 0.15) is 17.4 Å². The van der Waals surface area contributed by atoms with Crippen LogP contribution >= 0.6 is 0 Å². The number of benzene rings is 2. The van der Waals surface area contributed by atoms with E-state index >= 15 is 0 Å². The van der Waals surface area contributed by atoms with Crippen molar-refractivity contribution in [2.45, 2.75) is 6.36 Å². The predicted octanol–water partition coefficient (Wildman–Crippen LogP) is 4.34. The van der Waals surface area contributed by atoms with Crippen molar-refractivity contribution in [1.82, 2.24) is 0 Å². The van der Waals surface area contributed by atoms with E-state index in [1.54, 1.807) is 0 Å². The smallest absolute Gasteiger partial charge is 0.406 e. The van der Waals surface area contributed by atoms with Crippen molar-refractivity contribution in [1.29, 1.82) is 0 Å². The first kappa shape index (κ1) is 15.0. The predicted molar refractivity (Wildman–Crippen MR) is 63.9 cm³/mol. The lowest BCUT2D eigenvalue weighted by molar-refractivity contribution is -0.274. The molecule has 0 aliphatic carbocycles. The van der Waals surface area contributed by atoms with Gasteiger partial charge < -0.3 is 4.74 Å². The molecule has 110 valence electrons. The molecule has 0 aromatic heterocycles. The van der Waals surface area contributed by atoms with E-state index in [9.17, 15) is 26.7 Å². The molecule has 0 atom stereocenters. The summed E-state index contributed by atoms with van der Waals surface area (Å²) in [7, 11) is 0. The summed E-state index contributed by atoms with van der Waals surface area (Å²) >= 11 is 0. The van der Waals surface area contributed by atoms with Gasteiger partial charge in [-0.3, -0.25) is 4.79 Å². The fourth-order valence-electron chi connectivity index (χ4n) is 1.71. The number of carbonyl (C=O) groups is 1. The van der Waals surface area contributed by atoms with Crippen LogP contribution in [0.4, 0.5) is 22.0 Å². The third-order valence-corrected chi connectivity index (χ3v) is 2.62. The molecule has 0 saturated carbocycles. The van der Waals surface area contributed by atoms with E-state index in [4.69, 9.17) is 0 Å². The second-order valence-electron chi connectivity index (χ2n) is 4.04. The van der Waals surface area contributed by atoms with Crippen molar-refractivity contribution < 1.29 is 31.5 Å². The van der Waals surface area contributed by atoms with Crippen LogP contribution in [0, 0.1) is 11.6 Å². The molecule has 2 nitrogen and oxygen atoms in total. The molecule has 2 aromatic carbocycles. The van der Waals surface area contributed by atoms with E-state index in [2.05, 4.69) is 4.74 Å². The lowest BCUT2D eigenvalue weighted by Crippen LogP contribution is -2.16. The first-order valence-corrected chi connectivity index (χ1v) is 5.60. The fraction of sp³-hybridized carbons (Fsp3) is 0.0714. The zero-order chi connectivity index (χ0) is 15.6. The Morgan fingerprint density at radius 1 is 0.905 bits per heavy atom. The van der Waals surface area contributed by atoms with E-state index in [0.29, 0.717) is 0 Å². The summed E-state index contributed by atoms with van der Waals surface area (Å²) < 4.78 is 66.6. The minimum absolute atomic E-state index is 0.0503. The zero-order valence-electron chi connectivity index (χ0n) is 10.2. The minimum atomic E-state index is -4.81. The van der Waals surface area contributed by atoms with E-state index in [1.165, 1.54) is 12.1 Å². The van der Waals surface area contributed by atoms with Crippen LogP contribution in [0.1, 0.15) is 10.4 Å². The Kier molecular flexibility index (Phi) is 3.93.